The van der Waals surface area contributed by atoms with Crippen molar-refractivity contribution in [3.8, 4) is 0 Å². The number of likely N-dealkylation sites (N-methyl/N-ethyl adjacent to an activating group) is 1. The van der Waals surface area contributed by atoms with Gasteiger partial charge in [-0.05, 0) is 32.1 Å². The van der Waals surface area contributed by atoms with Gasteiger partial charge in [0.2, 0.25) is 15.9 Å². The summed E-state index contributed by atoms with van der Waals surface area (Å²) in [5, 5.41) is 9.39. The Bertz CT molecular complexity index is 547. The summed E-state index contributed by atoms with van der Waals surface area (Å²) in [5.41, 5.74) is 0. The molecule has 1 aliphatic heterocycles. The van der Waals surface area contributed by atoms with Crippen LogP contribution in [0.3, 0.4) is 0 Å². The first-order valence-corrected chi connectivity index (χ1v) is 9.36. The first-order chi connectivity index (χ1) is 10.3. The van der Waals surface area contributed by atoms with Gasteiger partial charge in [-0.25, -0.2) is 13.2 Å². The summed E-state index contributed by atoms with van der Waals surface area (Å²) in [4.78, 5) is 25.5. The zero-order chi connectivity index (χ0) is 16.5. The smallest absolute Gasteiger partial charge is 0.326 e. The molecular formula is C14H24N2O5S. The highest BCUT2D eigenvalue weighted by atomic mass is 32.2. The minimum Gasteiger partial charge on any atom is -0.480 e. The summed E-state index contributed by atoms with van der Waals surface area (Å²) in [6.07, 6.45) is 4.29. The van der Waals surface area contributed by atoms with Crippen molar-refractivity contribution in [2.45, 2.75) is 51.1 Å². The van der Waals surface area contributed by atoms with E-state index in [2.05, 4.69) is 0 Å². The second-order valence-electron chi connectivity index (χ2n) is 6.16. The number of carbonyl (C=O) groups excluding carboxylic acids is 1. The van der Waals surface area contributed by atoms with Crippen molar-refractivity contribution in [1.82, 2.24) is 9.21 Å². The second kappa shape index (κ2) is 6.54. The monoisotopic (exact) mass is 332 g/mol. The quantitative estimate of drug-likeness (QED) is 0.791. The molecule has 0 aromatic carbocycles. The van der Waals surface area contributed by atoms with Crippen molar-refractivity contribution < 1.29 is 23.1 Å². The number of hydrogen-bond acceptors (Lipinski definition) is 4. The van der Waals surface area contributed by atoms with Crippen molar-refractivity contribution in [3.63, 3.8) is 0 Å². The van der Waals surface area contributed by atoms with Gasteiger partial charge >= 0.3 is 5.97 Å². The Kier molecular flexibility index (Phi) is 5.11. The molecular weight excluding hydrogens is 308 g/mol. The van der Waals surface area contributed by atoms with Crippen LogP contribution in [0.1, 0.15) is 39.0 Å². The molecule has 0 spiro atoms. The summed E-state index contributed by atoms with van der Waals surface area (Å²) in [6.45, 7) is 1.23. The van der Waals surface area contributed by atoms with Crippen molar-refractivity contribution in [2.75, 3.05) is 19.3 Å². The number of likely N-dealkylation sites (tertiary alicyclic amines) is 1. The van der Waals surface area contributed by atoms with Gasteiger partial charge in [0.15, 0.2) is 0 Å². The van der Waals surface area contributed by atoms with Gasteiger partial charge < -0.3 is 10.0 Å². The van der Waals surface area contributed by atoms with E-state index in [1.54, 1.807) is 0 Å². The number of carbonyl (C=O) groups is 2. The first-order valence-electron chi connectivity index (χ1n) is 7.76. The normalized spacial score (nSPS) is 28.7. The lowest BCUT2D eigenvalue weighted by Crippen LogP contribution is -2.50. The van der Waals surface area contributed by atoms with Crippen LogP contribution in [-0.4, -0.2) is 66.0 Å². The molecule has 0 aromatic rings. The maximum atomic E-state index is 12.5. The Morgan fingerprint density at radius 3 is 2.50 bits per heavy atom. The van der Waals surface area contributed by atoms with E-state index < -0.39 is 27.9 Å². The lowest BCUT2D eigenvalue weighted by Gasteiger charge is -2.33. The molecule has 1 N–H and O–H groups in total. The van der Waals surface area contributed by atoms with Gasteiger partial charge in [-0.3, -0.25) is 4.79 Å². The zero-order valence-corrected chi connectivity index (χ0v) is 13.9. The van der Waals surface area contributed by atoms with Crippen molar-refractivity contribution in [1.29, 1.82) is 0 Å². The Morgan fingerprint density at radius 2 is 1.91 bits per heavy atom. The van der Waals surface area contributed by atoms with Crippen LogP contribution in [0.15, 0.2) is 0 Å². The Morgan fingerprint density at radius 1 is 1.27 bits per heavy atom. The van der Waals surface area contributed by atoms with Crippen LogP contribution in [0.5, 0.6) is 0 Å². The van der Waals surface area contributed by atoms with Crippen LogP contribution in [0.25, 0.3) is 0 Å². The van der Waals surface area contributed by atoms with Gasteiger partial charge in [-0.15, -0.1) is 0 Å². The predicted octanol–water partition coefficient (Wildman–Crippen LogP) is 0.512. The highest BCUT2D eigenvalue weighted by Gasteiger charge is 2.47. The van der Waals surface area contributed by atoms with Crippen LogP contribution in [-0.2, 0) is 19.6 Å². The highest BCUT2D eigenvalue weighted by Crippen LogP contribution is 2.39. The average Bonchev–Trinajstić information content (AvgIpc) is 2.86. The number of nitrogens with zero attached hydrogens (tertiary/aromatic N) is 2. The van der Waals surface area contributed by atoms with Gasteiger partial charge in [-0.2, -0.15) is 4.31 Å². The molecule has 0 bridgehead atoms. The molecule has 1 saturated carbocycles. The molecule has 0 aromatic heterocycles. The van der Waals surface area contributed by atoms with Crippen LogP contribution >= 0.6 is 0 Å². The molecule has 1 heterocycles. The second-order valence-corrected chi connectivity index (χ2v) is 8.52. The third-order valence-corrected chi connectivity index (χ3v) is 6.67. The molecule has 3 unspecified atom stereocenters. The SMILES string of the molecule is CCS(=O)(=O)N(C)CC(=O)N1C(C(=O)O)CC2CCCCC21. The molecule has 2 aliphatic rings. The third kappa shape index (κ3) is 3.27. The summed E-state index contributed by atoms with van der Waals surface area (Å²) < 4.78 is 24.6. The first kappa shape index (κ1) is 17.2. The van der Waals surface area contributed by atoms with Crippen LogP contribution in [0.2, 0.25) is 0 Å². The van der Waals surface area contributed by atoms with Crippen molar-refractivity contribution in [3.05, 3.63) is 0 Å². The van der Waals surface area contributed by atoms with Crippen molar-refractivity contribution in [2.24, 2.45) is 5.92 Å². The minimum atomic E-state index is -3.45. The van der Waals surface area contributed by atoms with Crippen molar-refractivity contribution >= 4 is 21.9 Å². The van der Waals surface area contributed by atoms with E-state index in [0.29, 0.717) is 6.42 Å². The lowest BCUT2D eigenvalue weighted by molar-refractivity contribution is -0.149. The van der Waals surface area contributed by atoms with E-state index in [9.17, 15) is 23.1 Å². The average molecular weight is 332 g/mol. The van der Waals surface area contributed by atoms with Gasteiger partial charge in [-0.1, -0.05) is 12.8 Å². The van der Waals surface area contributed by atoms with E-state index in [1.165, 1.54) is 18.9 Å². The number of carboxylic acids is 1. The molecule has 1 aliphatic carbocycles. The van der Waals surface area contributed by atoms with Crippen LogP contribution < -0.4 is 0 Å². The zero-order valence-electron chi connectivity index (χ0n) is 13.1. The molecule has 0 radical (unpaired) electrons. The van der Waals surface area contributed by atoms with Gasteiger partial charge in [0, 0.05) is 13.1 Å². The molecule has 1 amide bonds. The number of carboxylic acid groups (broad SMARTS) is 1. The number of rotatable bonds is 5. The van der Waals surface area contributed by atoms with Gasteiger partial charge in [0.05, 0.1) is 12.3 Å². The van der Waals surface area contributed by atoms with E-state index in [4.69, 9.17) is 0 Å². The Labute approximate surface area is 131 Å². The molecule has 2 fully saturated rings. The largest absolute Gasteiger partial charge is 0.480 e. The number of amides is 1. The number of fused-ring (bicyclic) bond motifs is 1. The van der Waals surface area contributed by atoms with E-state index in [-0.39, 0.29) is 24.3 Å². The third-order valence-electron chi connectivity index (χ3n) is 4.86. The highest BCUT2D eigenvalue weighted by molar-refractivity contribution is 7.89. The summed E-state index contributed by atoms with van der Waals surface area (Å²) in [5.74, 6) is -1.25. The molecule has 1 saturated heterocycles. The maximum Gasteiger partial charge on any atom is 0.326 e. The molecule has 22 heavy (non-hydrogen) atoms. The molecule has 7 nitrogen and oxygen atoms in total. The Hall–Kier alpha value is -1.15. The molecule has 2 rings (SSSR count). The maximum absolute atomic E-state index is 12.5. The number of hydrogen-bond donors (Lipinski definition) is 1. The lowest BCUT2D eigenvalue weighted by atomic mass is 9.85. The fourth-order valence-electron chi connectivity index (χ4n) is 3.63. The van der Waals surface area contributed by atoms with E-state index in [1.807, 2.05) is 0 Å². The topological polar surface area (TPSA) is 95.0 Å². The molecule has 3 atom stereocenters. The molecule has 126 valence electrons. The standard InChI is InChI=1S/C14H24N2O5S/c1-3-22(20,21)15(2)9-13(17)16-11-7-5-4-6-10(11)8-12(16)14(18)19/h10-12H,3-9H2,1-2H3,(H,18,19). The Balaban J connectivity index is 2.16. The minimum absolute atomic E-state index is 0.0555. The predicted molar refractivity (Wildman–Crippen MR) is 80.7 cm³/mol. The summed E-state index contributed by atoms with van der Waals surface area (Å²) in [7, 11) is -2.09. The van der Waals surface area contributed by atoms with E-state index >= 15 is 0 Å². The fraction of sp³-hybridized carbons (Fsp3) is 0.857. The van der Waals surface area contributed by atoms with Gasteiger partial charge in [0.1, 0.15) is 6.04 Å². The molecule has 8 heteroatoms. The summed E-state index contributed by atoms with van der Waals surface area (Å²) >= 11 is 0. The number of sulfonamides is 1. The number of aliphatic carboxylic acids is 1. The fourth-order valence-corrected chi connectivity index (χ4v) is 4.38. The summed E-state index contributed by atoms with van der Waals surface area (Å²) in [6, 6.07) is -0.876. The van der Waals surface area contributed by atoms with E-state index in [0.717, 1.165) is 30.0 Å². The van der Waals surface area contributed by atoms with Crippen LogP contribution in [0, 0.1) is 5.92 Å². The van der Waals surface area contributed by atoms with Crippen LogP contribution in [0.4, 0.5) is 0 Å². The van der Waals surface area contributed by atoms with Gasteiger partial charge in [0.25, 0.3) is 0 Å².